The summed E-state index contributed by atoms with van der Waals surface area (Å²) in [5.74, 6) is 2.25. The van der Waals surface area contributed by atoms with Crippen LogP contribution in [0.3, 0.4) is 0 Å². The van der Waals surface area contributed by atoms with E-state index in [2.05, 4.69) is 36.5 Å². The minimum Gasteiger partial charge on any atom is -0.495 e. The van der Waals surface area contributed by atoms with E-state index in [1.165, 1.54) is 6.33 Å². The summed E-state index contributed by atoms with van der Waals surface area (Å²) in [6.07, 6.45) is 1.52. The van der Waals surface area contributed by atoms with Gasteiger partial charge in [-0.2, -0.15) is 0 Å². The van der Waals surface area contributed by atoms with Crippen LogP contribution in [0.25, 0.3) is 0 Å². The lowest BCUT2D eigenvalue weighted by molar-refractivity contribution is 0.416. The van der Waals surface area contributed by atoms with E-state index in [-0.39, 0.29) is 0 Å². The number of methoxy groups -OCH3 is 1. The zero-order valence-corrected chi connectivity index (χ0v) is 12.4. The molecule has 0 amide bonds. The van der Waals surface area contributed by atoms with Crippen LogP contribution in [0.15, 0.2) is 35.1 Å². The molecule has 0 saturated heterocycles. The first-order valence-corrected chi connectivity index (χ1v) is 6.68. The van der Waals surface area contributed by atoms with Gasteiger partial charge in [0.2, 0.25) is 0 Å². The second kappa shape index (κ2) is 6.38. The second-order valence-corrected chi connectivity index (χ2v) is 4.70. The fourth-order valence-corrected chi connectivity index (χ4v) is 1.98. The molecule has 1 heterocycles. The molecule has 0 saturated carbocycles. The van der Waals surface area contributed by atoms with E-state index in [0.717, 1.165) is 28.3 Å². The first-order chi connectivity index (χ1) is 9.22. The van der Waals surface area contributed by atoms with Crippen LogP contribution >= 0.6 is 15.9 Å². The summed E-state index contributed by atoms with van der Waals surface area (Å²) in [5.41, 5.74) is 0.845. The standard InChI is InChI=1S/C13H15BrN4O/c1-3-15-12-7-13(17-8-16-12)18-10-6-9(14)4-5-11(10)19-2/h4-8H,3H2,1-2H3,(H2,15,16,17,18). The van der Waals surface area contributed by atoms with Gasteiger partial charge in [-0.15, -0.1) is 0 Å². The second-order valence-electron chi connectivity index (χ2n) is 3.79. The van der Waals surface area contributed by atoms with Gasteiger partial charge in [-0.1, -0.05) is 15.9 Å². The van der Waals surface area contributed by atoms with Crippen molar-refractivity contribution < 1.29 is 4.74 Å². The van der Waals surface area contributed by atoms with Gasteiger partial charge in [0, 0.05) is 17.1 Å². The predicted molar refractivity (Wildman–Crippen MR) is 80.2 cm³/mol. The summed E-state index contributed by atoms with van der Waals surface area (Å²) in [6, 6.07) is 7.60. The van der Waals surface area contributed by atoms with Crippen molar-refractivity contribution >= 4 is 33.3 Å². The molecule has 0 fully saturated rings. The Balaban J connectivity index is 2.25. The molecule has 0 unspecified atom stereocenters. The quantitative estimate of drug-likeness (QED) is 0.883. The van der Waals surface area contributed by atoms with Crippen LogP contribution in [0, 0.1) is 0 Å². The lowest BCUT2D eigenvalue weighted by Gasteiger charge is -2.11. The Hall–Kier alpha value is -1.82. The maximum absolute atomic E-state index is 5.31. The van der Waals surface area contributed by atoms with Crippen molar-refractivity contribution in [2.24, 2.45) is 0 Å². The van der Waals surface area contributed by atoms with E-state index in [0.29, 0.717) is 5.82 Å². The first-order valence-electron chi connectivity index (χ1n) is 5.89. The predicted octanol–water partition coefficient (Wildman–Crippen LogP) is 3.42. The number of nitrogens with zero attached hydrogens (tertiary/aromatic N) is 2. The highest BCUT2D eigenvalue weighted by molar-refractivity contribution is 9.10. The van der Waals surface area contributed by atoms with Crippen molar-refractivity contribution in [2.75, 3.05) is 24.3 Å². The summed E-state index contributed by atoms with van der Waals surface area (Å²) in [6.45, 7) is 2.84. The van der Waals surface area contributed by atoms with Crippen LogP contribution in [-0.4, -0.2) is 23.6 Å². The number of aromatic nitrogens is 2. The van der Waals surface area contributed by atoms with Gasteiger partial charge in [-0.25, -0.2) is 9.97 Å². The molecule has 0 bridgehead atoms. The molecule has 0 spiro atoms. The minimum atomic E-state index is 0.711. The van der Waals surface area contributed by atoms with Gasteiger partial charge in [0.25, 0.3) is 0 Å². The molecule has 1 aromatic heterocycles. The SMILES string of the molecule is CCNc1cc(Nc2cc(Br)ccc2OC)ncn1. The molecule has 0 aliphatic carbocycles. The maximum atomic E-state index is 5.31. The third-order valence-corrected chi connectivity index (χ3v) is 2.94. The van der Waals surface area contributed by atoms with Gasteiger partial charge >= 0.3 is 0 Å². The summed E-state index contributed by atoms with van der Waals surface area (Å²) < 4.78 is 6.28. The number of anilines is 3. The summed E-state index contributed by atoms with van der Waals surface area (Å²) in [7, 11) is 1.64. The van der Waals surface area contributed by atoms with Crippen molar-refractivity contribution in [3.63, 3.8) is 0 Å². The van der Waals surface area contributed by atoms with Gasteiger partial charge < -0.3 is 15.4 Å². The number of nitrogens with one attached hydrogen (secondary N) is 2. The first kappa shape index (κ1) is 13.6. The third kappa shape index (κ3) is 3.57. The van der Waals surface area contributed by atoms with Crippen molar-refractivity contribution in [1.29, 1.82) is 0 Å². The van der Waals surface area contributed by atoms with E-state index >= 15 is 0 Å². The molecule has 1 aromatic carbocycles. The molecule has 2 aromatic rings. The topological polar surface area (TPSA) is 59.1 Å². The van der Waals surface area contributed by atoms with Crippen LogP contribution in [-0.2, 0) is 0 Å². The van der Waals surface area contributed by atoms with Crippen molar-refractivity contribution in [3.05, 3.63) is 35.1 Å². The van der Waals surface area contributed by atoms with E-state index in [1.807, 2.05) is 31.2 Å². The molecule has 0 radical (unpaired) electrons. The van der Waals surface area contributed by atoms with Gasteiger partial charge in [-0.05, 0) is 25.1 Å². The molecule has 0 aliphatic heterocycles. The molecule has 19 heavy (non-hydrogen) atoms. The largest absolute Gasteiger partial charge is 0.495 e. The smallest absolute Gasteiger partial charge is 0.142 e. The number of halogens is 1. The number of hydrogen-bond acceptors (Lipinski definition) is 5. The average molecular weight is 323 g/mol. The molecule has 2 rings (SSSR count). The highest BCUT2D eigenvalue weighted by atomic mass is 79.9. The lowest BCUT2D eigenvalue weighted by Crippen LogP contribution is -2.02. The zero-order valence-electron chi connectivity index (χ0n) is 10.8. The lowest BCUT2D eigenvalue weighted by atomic mass is 10.3. The fourth-order valence-electron chi connectivity index (χ4n) is 1.62. The Morgan fingerprint density at radius 3 is 2.74 bits per heavy atom. The molecular formula is C13H15BrN4O. The maximum Gasteiger partial charge on any atom is 0.142 e. The average Bonchev–Trinajstić information content (AvgIpc) is 2.40. The number of rotatable bonds is 5. The number of hydrogen-bond donors (Lipinski definition) is 2. The van der Waals surface area contributed by atoms with Crippen LogP contribution in [0.4, 0.5) is 17.3 Å². The summed E-state index contributed by atoms with van der Waals surface area (Å²) in [4.78, 5) is 8.32. The Labute approximate surface area is 120 Å². The molecule has 0 aliphatic rings. The Morgan fingerprint density at radius 2 is 2.00 bits per heavy atom. The Bertz CT molecular complexity index is 562. The fraction of sp³-hybridized carbons (Fsp3) is 0.231. The Kier molecular flexibility index (Phi) is 4.57. The van der Waals surface area contributed by atoms with Gasteiger partial charge in [0.1, 0.15) is 23.7 Å². The third-order valence-electron chi connectivity index (χ3n) is 2.45. The minimum absolute atomic E-state index is 0.711. The van der Waals surface area contributed by atoms with Crippen molar-refractivity contribution in [3.8, 4) is 5.75 Å². The summed E-state index contributed by atoms with van der Waals surface area (Å²) >= 11 is 3.44. The van der Waals surface area contributed by atoms with Crippen molar-refractivity contribution in [2.45, 2.75) is 6.92 Å². The zero-order chi connectivity index (χ0) is 13.7. The normalized spacial score (nSPS) is 10.1. The highest BCUT2D eigenvalue weighted by Crippen LogP contribution is 2.30. The van der Waals surface area contributed by atoms with Crippen molar-refractivity contribution in [1.82, 2.24) is 9.97 Å². The van der Waals surface area contributed by atoms with E-state index in [1.54, 1.807) is 7.11 Å². The summed E-state index contributed by atoms with van der Waals surface area (Å²) in [5, 5.41) is 6.36. The van der Waals surface area contributed by atoms with E-state index < -0.39 is 0 Å². The van der Waals surface area contributed by atoms with E-state index in [4.69, 9.17) is 4.74 Å². The highest BCUT2D eigenvalue weighted by Gasteiger charge is 2.05. The molecule has 6 heteroatoms. The van der Waals surface area contributed by atoms with E-state index in [9.17, 15) is 0 Å². The van der Waals surface area contributed by atoms with Gasteiger partial charge in [-0.3, -0.25) is 0 Å². The van der Waals surface area contributed by atoms with Gasteiger partial charge in [0.15, 0.2) is 0 Å². The van der Waals surface area contributed by atoms with Gasteiger partial charge in [0.05, 0.1) is 12.8 Å². The van der Waals surface area contributed by atoms with Crippen LogP contribution < -0.4 is 15.4 Å². The molecule has 5 nitrogen and oxygen atoms in total. The number of benzene rings is 1. The van der Waals surface area contributed by atoms with Crippen LogP contribution in [0.1, 0.15) is 6.92 Å². The molecule has 100 valence electrons. The number of ether oxygens (including phenoxy) is 1. The monoisotopic (exact) mass is 322 g/mol. The molecular weight excluding hydrogens is 308 g/mol. The molecule has 2 N–H and O–H groups in total. The van der Waals surface area contributed by atoms with Crippen LogP contribution in [0.5, 0.6) is 5.75 Å². The van der Waals surface area contributed by atoms with Crippen LogP contribution in [0.2, 0.25) is 0 Å². The molecule has 0 atom stereocenters. The Morgan fingerprint density at radius 1 is 1.21 bits per heavy atom.